The van der Waals surface area contributed by atoms with Gasteiger partial charge in [0, 0.05) is 11.6 Å². The van der Waals surface area contributed by atoms with Crippen LogP contribution in [0.2, 0.25) is 0 Å². The summed E-state index contributed by atoms with van der Waals surface area (Å²) in [5.74, 6) is -0.863. The van der Waals surface area contributed by atoms with E-state index in [-0.39, 0.29) is 11.6 Å². The lowest BCUT2D eigenvalue weighted by Crippen LogP contribution is -2.50. The number of carbonyl (C=O) groups is 1. The number of nitrogens with zero attached hydrogens (tertiary/aromatic N) is 1. The predicted molar refractivity (Wildman–Crippen MR) is 64.3 cm³/mol. The lowest BCUT2D eigenvalue weighted by molar-refractivity contribution is -0.143. The average molecular weight is 228 g/mol. The van der Waals surface area contributed by atoms with Gasteiger partial charge in [-0.1, -0.05) is 6.92 Å². The molecule has 0 heterocycles. The third-order valence-corrected chi connectivity index (χ3v) is 4.32. The summed E-state index contributed by atoms with van der Waals surface area (Å²) in [6.45, 7) is 6.52. The quantitative estimate of drug-likeness (QED) is 0.764. The number of hydrogen-bond acceptors (Lipinski definition) is 3. The molecule has 0 aromatic rings. The van der Waals surface area contributed by atoms with Crippen molar-refractivity contribution in [3.8, 4) is 0 Å². The van der Waals surface area contributed by atoms with Gasteiger partial charge in [-0.25, -0.2) is 0 Å². The van der Waals surface area contributed by atoms with E-state index in [2.05, 4.69) is 32.7 Å². The fraction of sp³-hybridized carbons (Fsp3) is 0.917. The van der Waals surface area contributed by atoms with Crippen LogP contribution in [0.15, 0.2) is 0 Å². The van der Waals surface area contributed by atoms with Crippen LogP contribution in [0.4, 0.5) is 0 Å². The van der Waals surface area contributed by atoms with Crippen LogP contribution in [-0.2, 0) is 4.79 Å². The molecule has 0 spiro atoms. The van der Waals surface area contributed by atoms with Gasteiger partial charge in [-0.2, -0.15) is 0 Å². The summed E-state index contributed by atoms with van der Waals surface area (Å²) in [5.41, 5.74) is 4.98. The van der Waals surface area contributed by atoms with Crippen molar-refractivity contribution in [3.63, 3.8) is 0 Å². The van der Waals surface area contributed by atoms with Crippen molar-refractivity contribution < 1.29 is 9.90 Å². The molecule has 4 heteroatoms. The molecule has 4 nitrogen and oxygen atoms in total. The van der Waals surface area contributed by atoms with Crippen LogP contribution in [0, 0.1) is 0 Å². The van der Waals surface area contributed by atoms with Crippen molar-refractivity contribution in [1.82, 2.24) is 4.90 Å². The maximum Gasteiger partial charge on any atom is 0.323 e. The molecule has 1 fully saturated rings. The first-order valence-electron chi connectivity index (χ1n) is 5.98. The largest absolute Gasteiger partial charge is 0.480 e. The molecule has 0 aliphatic heterocycles. The van der Waals surface area contributed by atoms with Crippen molar-refractivity contribution in [3.05, 3.63) is 0 Å². The second-order valence-corrected chi connectivity index (χ2v) is 5.63. The highest BCUT2D eigenvalue weighted by Gasteiger charge is 2.45. The summed E-state index contributed by atoms with van der Waals surface area (Å²) in [5, 5.41) is 9.09. The van der Waals surface area contributed by atoms with E-state index in [4.69, 9.17) is 10.8 Å². The number of rotatable bonds is 4. The highest BCUT2D eigenvalue weighted by atomic mass is 16.4. The topological polar surface area (TPSA) is 66.6 Å². The van der Waals surface area contributed by atoms with Crippen molar-refractivity contribution >= 4 is 5.97 Å². The normalized spacial score (nSPS) is 31.0. The second-order valence-electron chi connectivity index (χ2n) is 5.63. The van der Waals surface area contributed by atoms with E-state index < -0.39 is 11.5 Å². The molecule has 0 saturated heterocycles. The maximum absolute atomic E-state index is 11.1. The van der Waals surface area contributed by atoms with Crippen molar-refractivity contribution in [2.45, 2.75) is 63.6 Å². The molecule has 94 valence electrons. The van der Waals surface area contributed by atoms with Crippen molar-refractivity contribution in [1.29, 1.82) is 0 Å². The summed E-state index contributed by atoms with van der Waals surface area (Å²) in [6, 6.07) is 0.288. The molecule has 0 amide bonds. The Balaban J connectivity index is 2.70. The minimum atomic E-state index is -1.01. The third-order valence-electron chi connectivity index (χ3n) is 4.32. The van der Waals surface area contributed by atoms with E-state index in [1.165, 1.54) is 0 Å². The van der Waals surface area contributed by atoms with Gasteiger partial charge in [0.2, 0.25) is 0 Å². The van der Waals surface area contributed by atoms with Crippen LogP contribution in [0.5, 0.6) is 0 Å². The SMILES string of the molecule is CCC(C)(C)N(C)C1CCC(N)(C(=O)O)C1. The summed E-state index contributed by atoms with van der Waals surface area (Å²) < 4.78 is 0. The highest BCUT2D eigenvalue weighted by molar-refractivity contribution is 5.79. The molecule has 3 N–H and O–H groups in total. The van der Waals surface area contributed by atoms with E-state index in [1.807, 2.05) is 0 Å². The van der Waals surface area contributed by atoms with Crippen LogP contribution >= 0.6 is 0 Å². The Morgan fingerprint density at radius 1 is 1.62 bits per heavy atom. The fourth-order valence-electron chi connectivity index (χ4n) is 2.32. The Morgan fingerprint density at radius 2 is 2.19 bits per heavy atom. The maximum atomic E-state index is 11.1. The van der Waals surface area contributed by atoms with Gasteiger partial charge in [0.05, 0.1) is 0 Å². The number of nitrogens with two attached hydrogens (primary N) is 1. The van der Waals surface area contributed by atoms with E-state index in [1.54, 1.807) is 0 Å². The third kappa shape index (κ3) is 2.38. The molecule has 1 aliphatic carbocycles. The number of hydrogen-bond donors (Lipinski definition) is 2. The summed E-state index contributed by atoms with van der Waals surface area (Å²) in [7, 11) is 2.07. The first-order chi connectivity index (χ1) is 7.23. The molecule has 2 atom stereocenters. The van der Waals surface area contributed by atoms with Gasteiger partial charge in [-0.15, -0.1) is 0 Å². The van der Waals surface area contributed by atoms with Crippen LogP contribution in [0.25, 0.3) is 0 Å². The standard InChI is InChI=1S/C12H24N2O2/c1-5-11(2,3)14(4)9-6-7-12(13,8-9)10(15)16/h9H,5-8,13H2,1-4H3,(H,15,16). The van der Waals surface area contributed by atoms with E-state index in [0.29, 0.717) is 12.8 Å². The Kier molecular flexibility index (Phi) is 3.65. The fourth-order valence-corrected chi connectivity index (χ4v) is 2.32. The van der Waals surface area contributed by atoms with Crippen molar-refractivity contribution in [2.24, 2.45) is 5.73 Å². The van der Waals surface area contributed by atoms with Gasteiger partial charge < -0.3 is 10.8 Å². The van der Waals surface area contributed by atoms with Gasteiger partial charge in [-0.3, -0.25) is 9.69 Å². The van der Waals surface area contributed by atoms with Crippen LogP contribution < -0.4 is 5.73 Å². The smallest absolute Gasteiger partial charge is 0.323 e. The molecule has 0 bridgehead atoms. The molecule has 0 aromatic carbocycles. The molecule has 2 unspecified atom stereocenters. The van der Waals surface area contributed by atoms with Crippen LogP contribution in [0.3, 0.4) is 0 Å². The Morgan fingerprint density at radius 3 is 2.56 bits per heavy atom. The van der Waals surface area contributed by atoms with Gasteiger partial charge in [0.15, 0.2) is 0 Å². The highest BCUT2D eigenvalue weighted by Crippen LogP contribution is 2.34. The molecule has 1 aliphatic rings. The zero-order valence-corrected chi connectivity index (χ0v) is 10.8. The van der Waals surface area contributed by atoms with E-state index >= 15 is 0 Å². The van der Waals surface area contributed by atoms with Gasteiger partial charge in [0.25, 0.3) is 0 Å². The molecule has 1 saturated carbocycles. The Hall–Kier alpha value is -0.610. The van der Waals surface area contributed by atoms with Gasteiger partial charge in [-0.05, 0) is 46.6 Å². The summed E-state index contributed by atoms with van der Waals surface area (Å²) in [4.78, 5) is 13.3. The lowest BCUT2D eigenvalue weighted by atomic mass is 9.95. The summed E-state index contributed by atoms with van der Waals surface area (Å²) >= 11 is 0. The molecular weight excluding hydrogens is 204 g/mol. The lowest BCUT2D eigenvalue weighted by Gasteiger charge is -2.39. The second kappa shape index (κ2) is 4.34. The van der Waals surface area contributed by atoms with Gasteiger partial charge in [0.1, 0.15) is 5.54 Å². The minimum absolute atomic E-state index is 0.106. The number of aliphatic carboxylic acids is 1. The van der Waals surface area contributed by atoms with Crippen molar-refractivity contribution in [2.75, 3.05) is 7.05 Å². The predicted octanol–water partition coefficient (Wildman–Crippen LogP) is 1.44. The average Bonchev–Trinajstić information content (AvgIpc) is 2.61. The molecule has 16 heavy (non-hydrogen) atoms. The van der Waals surface area contributed by atoms with Crippen LogP contribution in [0.1, 0.15) is 46.5 Å². The first-order valence-corrected chi connectivity index (χ1v) is 5.98. The van der Waals surface area contributed by atoms with Gasteiger partial charge >= 0.3 is 5.97 Å². The molecular formula is C12H24N2O2. The first kappa shape index (κ1) is 13.5. The minimum Gasteiger partial charge on any atom is -0.480 e. The Bertz CT molecular complexity index is 278. The number of carboxylic acid groups (broad SMARTS) is 1. The molecule has 0 aromatic heterocycles. The number of carboxylic acids is 1. The molecule has 0 radical (unpaired) electrons. The zero-order chi connectivity index (χ0) is 12.6. The van der Waals surface area contributed by atoms with E-state index in [0.717, 1.165) is 12.8 Å². The zero-order valence-electron chi connectivity index (χ0n) is 10.8. The molecule has 1 rings (SSSR count). The Labute approximate surface area is 97.8 Å². The van der Waals surface area contributed by atoms with E-state index in [9.17, 15) is 4.79 Å². The monoisotopic (exact) mass is 228 g/mol. The van der Waals surface area contributed by atoms with Crippen LogP contribution in [-0.4, -0.2) is 40.1 Å². The summed E-state index contributed by atoms with van der Waals surface area (Å²) in [6.07, 6.45) is 3.06.